The van der Waals surface area contributed by atoms with Crippen molar-refractivity contribution in [3.63, 3.8) is 0 Å². The molecule has 20 heavy (non-hydrogen) atoms. The number of hydrogen-bond donors (Lipinski definition) is 1. The van der Waals surface area contributed by atoms with Crippen molar-refractivity contribution in [2.75, 3.05) is 13.9 Å². The number of H-pyrrole nitrogens is 1. The van der Waals surface area contributed by atoms with Crippen LogP contribution in [0, 0.1) is 0 Å². The van der Waals surface area contributed by atoms with Crippen molar-refractivity contribution in [1.29, 1.82) is 0 Å². The lowest BCUT2D eigenvalue weighted by Gasteiger charge is -2.04. The van der Waals surface area contributed by atoms with E-state index in [4.69, 9.17) is 9.57 Å². The van der Waals surface area contributed by atoms with E-state index in [2.05, 4.69) is 19.8 Å². The molecule has 0 radical (unpaired) electrons. The highest BCUT2D eigenvalue weighted by Gasteiger charge is 2.07. The van der Waals surface area contributed by atoms with Crippen molar-refractivity contribution < 1.29 is 14.1 Å². The average molecular weight is 276 g/mol. The molecule has 2 heterocycles. The van der Waals surface area contributed by atoms with E-state index >= 15 is 0 Å². The first-order valence-electron chi connectivity index (χ1n) is 5.90. The van der Waals surface area contributed by atoms with Gasteiger partial charge in [0.1, 0.15) is 5.52 Å². The fraction of sp³-hybridized carbons (Fsp3) is 0.250. The number of aromatic nitrogens is 4. The molecule has 2 aromatic heterocycles. The summed E-state index contributed by atoms with van der Waals surface area (Å²) < 4.78 is 9.29. The molecule has 3 aromatic rings. The van der Waals surface area contributed by atoms with Crippen LogP contribution in [0.1, 0.15) is 11.4 Å². The zero-order valence-electron chi connectivity index (χ0n) is 10.7. The van der Waals surface area contributed by atoms with Crippen molar-refractivity contribution in [3.8, 4) is 0 Å². The lowest BCUT2D eigenvalue weighted by molar-refractivity contribution is -0.0464. The highest BCUT2D eigenvalue weighted by Crippen LogP contribution is 2.16. The predicted molar refractivity (Wildman–Crippen MR) is 68.1 cm³/mol. The third-order valence-electron chi connectivity index (χ3n) is 2.75. The van der Waals surface area contributed by atoms with Crippen LogP contribution in [0.25, 0.3) is 10.9 Å². The van der Waals surface area contributed by atoms with Crippen LogP contribution < -0.4 is 10.6 Å². The predicted octanol–water partition coefficient (Wildman–Crippen LogP) is 0.336. The average Bonchev–Trinajstić information content (AvgIpc) is 3.03. The molecule has 1 aromatic carbocycles. The van der Waals surface area contributed by atoms with Crippen LogP contribution in [0.15, 0.2) is 33.7 Å². The van der Waals surface area contributed by atoms with Gasteiger partial charge in [0.2, 0.25) is 6.79 Å². The maximum absolute atomic E-state index is 10.9. The van der Waals surface area contributed by atoms with E-state index < -0.39 is 5.76 Å². The third-order valence-corrected chi connectivity index (χ3v) is 2.75. The molecule has 3 rings (SSSR count). The molecule has 0 saturated heterocycles. The SMILES string of the molecule is COCOn1ncc2cc(Cc3noc(=O)[nH]3)ccc21. The fourth-order valence-electron chi connectivity index (χ4n) is 1.90. The van der Waals surface area contributed by atoms with E-state index in [9.17, 15) is 4.79 Å². The van der Waals surface area contributed by atoms with Gasteiger partial charge in [0.15, 0.2) is 5.82 Å². The van der Waals surface area contributed by atoms with E-state index in [0.29, 0.717) is 12.2 Å². The fourth-order valence-corrected chi connectivity index (χ4v) is 1.90. The minimum absolute atomic E-state index is 0.124. The molecule has 0 unspecified atom stereocenters. The van der Waals surface area contributed by atoms with Gasteiger partial charge in [0.25, 0.3) is 0 Å². The van der Waals surface area contributed by atoms with Gasteiger partial charge in [-0.05, 0) is 17.7 Å². The number of aromatic amines is 1. The molecule has 0 fully saturated rings. The van der Waals surface area contributed by atoms with Gasteiger partial charge >= 0.3 is 5.76 Å². The van der Waals surface area contributed by atoms with Crippen LogP contribution in [0.5, 0.6) is 0 Å². The summed E-state index contributed by atoms with van der Waals surface area (Å²) in [6.07, 6.45) is 2.17. The number of rotatable bonds is 5. The van der Waals surface area contributed by atoms with Crippen molar-refractivity contribution in [2.45, 2.75) is 6.42 Å². The molecule has 0 aliphatic heterocycles. The van der Waals surface area contributed by atoms with Gasteiger partial charge in [-0.2, -0.15) is 0 Å². The van der Waals surface area contributed by atoms with Gasteiger partial charge in [-0.1, -0.05) is 16.1 Å². The Hall–Kier alpha value is -2.61. The van der Waals surface area contributed by atoms with Gasteiger partial charge in [-0.15, -0.1) is 5.10 Å². The zero-order valence-corrected chi connectivity index (χ0v) is 10.7. The Morgan fingerprint density at radius 3 is 3.10 bits per heavy atom. The topological polar surface area (TPSA) is 95.2 Å². The monoisotopic (exact) mass is 276 g/mol. The molecule has 0 spiro atoms. The molecular formula is C12H12N4O4. The van der Waals surface area contributed by atoms with E-state index in [1.165, 1.54) is 4.85 Å². The lowest BCUT2D eigenvalue weighted by Crippen LogP contribution is -2.14. The Kier molecular flexibility index (Phi) is 3.21. The second-order valence-corrected chi connectivity index (χ2v) is 4.16. The lowest BCUT2D eigenvalue weighted by atomic mass is 10.1. The molecule has 0 atom stereocenters. The summed E-state index contributed by atoms with van der Waals surface area (Å²) in [5, 5.41) is 8.66. The first kappa shape index (κ1) is 12.4. The summed E-state index contributed by atoms with van der Waals surface area (Å²) in [7, 11) is 1.54. The Morgan fingerprint density at radius 2 is 2.35 bits per heavy atom. The number of nitrogens with zero attached hydrogens (tertiary/aromatic N) is 3. The van der Waals surface area contributed by atoms with Gasteiger partial charge in [-0.3, -0.25) is 9.51 Å². The summed E-state index contributed by atoms with van der Waals surface area (Å²) in [4.78, 5) is 20.1. The van der Waals surface area contributed by atoms with E-state index in [-0.39, 0.29) is 6.79 Å². The van der Waals surface area contributed by atoms with Gasteiger partial charge in [-0.25, -0.2) is 4.79 Å². The first-order valence-corrected chi connectivity index (χ1v) is 5.90. The van der Waals surface area contributed by atoms with Gasteiger partial charge in [0, 0.05) is 18.9 Å². The van der Waals surface area contributed by atoms with Crippen LogP contribution in [0.3, 0.4) is 0 Å². The smallest absolute Gasteiger partial charge is 0.367 e. The number of nitrogens with one attached hydrogen (secondary N) is 1. The van der Waals surface area contributed by atoms with E-state index in [0.717, 1.165) is 16.5 Å². The number of methoxy groups -OCH3 is 1. The molecule has 0 bridgehead atoms. The highest BCUT2D eigenvalue weighted by atomic mass is 16.8. The summed E-state index contributed by atoms with van der Waals surface area (Å²) >= 11 is 0. The molecule has 104 valence electrons. The number of hydrogen-bond acceptors (Lipinski definition) is 6. The molecular weight excluding hydrogens is 264 g/mol. The molecule has 0 aliphatic rings. The molecule has 0 aliphatic carbocycles. The Balaban J connectivity index is 1.85. The van der Waals surface area contributed by atoms with Crippen molar-refractivity contribution in [3.05, 3.63) is 46.3 Å². The maximum atomic E-state index is 10.9. The van der Waals surface area contributed by atoms with Crippen molar-refractivity contribution in [1.82, 2.24) is 20.1 Å². The van der Waals surface area contributed by atoms with E-state index in [1.54, 1.807) is 13.3 Å². The highest BCUT2D eigenvalue weighted by molar-refractivity contribution is 5.79. The van der Waals surface area contributed by atoms with Crippen LogP contribution in [0.2, 0.25) is 0 Å². The normalized spacial score (nSPS) is 11.1. The second kappa shape index (κ2) is 5.17. The molecule has 1 N–H and O–H groups in total. The van der Waals surface area contributed by atoms with E-state index in [1.807, 2.05) is 18.2 Å². The number of benzene rings is 1. The van der Waals surface area contributed by atoms with Crippen molar-refractivity contribution in [2.24, 2.45) is 0 Å². The van der Waals surface area contributed by atoms with Gasteiger partial charge in [0.05, 0.1) is 6.20 Å². The second-order valence-electron chi connectivity index (χ2n) is 4.16. The maximum Gasteiger partial charge on any atom is 0.438 e. The standard InChI is InChI=1S/C12H12N4O4/c1-18-7-19-16-10-3-2-8(4-9(10)6-13-16)5-11-14-12(17)20-15-11/h2-4,6H,5,7H2,1H3,(H,14,15,17). The minimum atomic E-state index is -0.554. The minimum Gasteiger partial charge on any atom is -0.367 e. The Morgan fingerprint density at radius 1 is 1.45 bits per heavy atom. The quantitative estimate of drug-likeness (QED) is 0.675. The summed E-state index contributed by atoms with van der Waals surface area (Å²) in [6.45, 7) is 0.124. The number of fused-ring (bicyclic) bond motifs is 1. The van der Waals surface area contributed by atoms with Crippen LogP contribution >= 0.6 is 0 Å². The number of ether oxygens (including phenoxy) is 1. The summed E-state index contributed by atoms with van der Waals surface area (Å²) in [5.74, 6) is -0.0701. The van der Waals surface area contributed by atoms with Crippen LogP contribution in [0.4, 0.5) is 0 Å². The summed E-state index contributed by atoms with van der Waals surface area (Å²) in [6, 6.07) is 5.73. The Labute approximate surface area is 112 Å². The largest absolute Gasteiger partial charge is 0.438 e. The molecule has 0 saturated carbocycles. The molecule has 8 nitrogen and oxygen atoms in total. The first-order chi connectivity index (χ1) is 9.76. The van der Waals surface area contributed by atoms with Crippen LogP contribution in [-0.4, -0.2) is 34.0 Å². The summed E-state index contributed by atoms with van der Waals surface area (Å²) in [5.41, 5.74) is 1.81. The zero-order chi connectivity index (χ0) is 13.9. The van der Waals surface area contributed by atoms with Crippen molar-refractivity contribution >= 4 is 10.9 Å². The Bertz CT molecular complexity index is 773. The van der Waals surface area contributed by atoms with Gasteiger partial charge < -0.3 is 9.57 Å². The molecule has 0 amide bonds. The third kappa shape index (κ3) is 2.41. The molecule has 8 heteroatoms. The van der Waals surface area contributed by atoms with Crippen LogP contribution in [-0.2, 0) is 11.2 Å².